The maximum Gasteiger partial charge on any atom is 0.146 e. The van der Waals surface area contributed by atoms with E-state index in [1.165, 1.54) is 31.1 Å². The Morgan fingerprint density at radius 3 is 2.39 bits per heavy atom. The number of thiophene rings is 1. The third-order valence-corrected chi connectivity index (χ3v) is 8.78. The van der Waals surface area contributed by atoms with Gasteiger partial charge in [-0.2, -0.15) is 0 Å². The summed E-state index contributed by atoms with van der Waals surface area (Å²) in [5.41, 5.74) is 8.27. The Morgan fingerprint density at radius 1 is 0.632 bits per heavy atom. The van der Waals surface area contributed by atoms with Crippen molar-refractivity contribution in [1.82, 2.24) is 19.4 Å². The Kier molecular flexibility index (Phi) is 3.91. The van der Waals surface area contributed by atoms with E-state index in [1.54, 1.807) is 0 Å². The first kappa shape index (κ1) is 20.2. The van der Waals surface area contributed by atoms with Crippen molar-refractivity contribution >= 4 is 80.9 Å². The number of para-hydroxylation sites is 2. The predicted molar refractivity (Wildman–Crippen MR) is 159 cm³/mol. The minimum Gasteiger partial charge on any atom is -0.290 e. The van der Waals surface area contributed by atoms with Gasteiger partial charge < -0.3 is 0 Å². The molecule has 5 heterocycles. The number of fused-ring (bicyclic) bond motifs is 13. The van der Waals surface area contributed by atoms with Gasteiger partial charge in [0.2, 0.25) is 0 Å². The molecular formula is C33H18N4S. The molecule has 4 nitrogen and oxygen atoms in total. The quantitative estimate of drug-likeness (QED) is 0.211. The van der Waals surface area contributed by atoms with E-state index in [0.717, 1.165) is 49.7 Å². The molecule has 9 rings (SSSR count). The van der Waals surface area contributed by atoms with Crippen LogP contribution in [0.4, 0.5) is 0 Å². The Morgan fingerprint density at radius 2 is 1.45 bits per heavy atom. The number of hydrogen-bond donors (Lipinski definition) is 0. The highest BCUT2D eigenvalue weighted by atomic mass is 32.1. The molecule has 38 heavy (non-hydrogen) atoms. The number of rotatable bonds is 1. The lowest BCUT2D eigenvalue weighted by molar-refractivity contribution is 1.33. The smallest absolute Gasteiger partial charge is 0.146 e. The minimum absolute atomic E-state index is 0.935. The van der Waals surface area contributed by atoms with Crippen LogP contribution in [0.25, 0.3) is 80.8 Å². The lowest BCUT2D eigenvalue weighted by Gasteiger charge is -2.07. The predicted octanol–water partition coefficient (Wildman–Crippen LogP) is 8.77. The number of hydrogen-bond acceptors (Lipinski definition) is 4. The van der Waals surface area contributed by atoms with Crippen molar-refractivity contribution in [3.8, 4) is 11.3 Å². The van der Waals surface area contributed by atoms with Gasteiger partial charge in [0.05, 0.1) is 38.0 Å². The maximum absolute atomic E-state index is 5.12. The van der Waals surface area contributed by atoms with Gasteiger partial charge in [0.25, 0.3) is 0 Å². The summed E-state index contributed by atoms with van der Waals surface area (Å²) >= 11 is 1.85. The fraction of sp³-hybridized carbons (Fsp3) is 0. The monoisotopic (exact) mass is 502 g/mol. The number of aromatic nitrogens is 4. The molecule has 5 heteroatoms. The zero-order valence-electron chi connectivity index (χ0n) is 20.1. The van der Waals surface area contributed by atoms with Crippen LogP contribution < -0.4 is 0 Å². The van der Waals surface area contributed by atoms with Crippen LogP contribution in [-0.4, -0.2) is 19.4 Å². The van der Waals surface area contributed by atoms with Crippen molar-refractivity contribution in [3.63, 3.8) is 0 Å². The molecule has 0 fully saturated rings. The molecule has 0 saturated heterocycles. The van der Waals surface area contributed by atoms with Crippen molar-refractivity contribution in [3.05, 3.63) is 109 Å². The summed E-state index contributed by atoms with van der Waals surface area (Å²) in [5.74, 6) is 0. The van der Waals surface area contributed by atoms with E-state index in [9.17, 15) is 0 Å². The maximum atomic E-state index is 5.12. The first-order valence-electron chi connectivity index (χ1n) is 12.6. The molecule has 0 aliphatic carbocycles. The van der Waals surface area contributed by atoms with Crippen molar-refractivity contribution in [2.45, 2.75) is 0 Å². The zero-order chi connectivity index (χ0) is 24.8. The summed E-state index contributed by atoms with van der Waals surface area (Å²) in [6, 6.07) is 36.3. The van der Waals surface area contributed by atoms with Gasteiger partial charge >= 0.3 is 0 Å². The van der Waals surface area contributed by atoms with Crippen LogP contribution in [0.5, 0.6) is 0 Å². The van der Waals surface area contributed by atoms with E-state index < -0.39 is 0 Å². The summed E-state index contributed by atoms with van der Waals surface area (Å²) < 4.78 is 4.89. The van der Waals surface area contributed by atoms with Gasteiger partial charge in [-0.1, -0.05) is 66.7 Å². The number of benzene rings is 4. The van der Waals surface area contributed by atoms with E-state index in [-0.39, 0.29) is 0 Å². The van der Waals surface area contributed by atoms with E-state index >= 15 is 0 Å². The van der Waals surface area contributed by atoms with Crippen molar-refractivity contribution < 1.29 is 0 Å². The summed E-state index contributed by atoms with van der Waals surface area (Å²) in [6.45, 7) is 0. The lowest BCUT2D eigenvalue weighted by Crippen LogP contribution is -1.90. The minimum atomic E-state index is 0.935. The second-order valence-electron chi connectivity index (χ2n) is 9.70. The highest BCUT2D eigenvalue weighted by Gasteiger charge is 2.18. The molecule has 4 aromatic carbocycles. The molecule has 0 bridgehead atoms. The van der Waals surface area contributed by atoms with Crippen LogP contribution >= 0.6 is 11.3 Å². The summed E-state index contributed by atoms with van der Waals surface area (Å²) in [6.07, 6.45) is 1.84. The van der Waals surface area contributed by atoms with Crippen LogP contribution in [0.3, 0.4) is 0 Å². The van der Waals surface area contributed by atoms with Gasteiger partial charge in [-0.3, -0.25) is 9.38 Å². The third kappa shape index (κ3) is 2.66. The normalized spacial score (nSPS) is 12.2. The van der Waals surface area contributed by atoms with Crippen molar-refractivity contribution in [2.75, 3.05) is 0 Å². The molecule has 9 aromatic rings. The molecule has 0 atom stereocenters. The van der Waals surface area contributed by atoms with Gasteiger partial charge in [-0.25, -0.2) is 9.97 Å². The molecule has 5 aromatic heterocycles. The second-order valence-corrected chi connectivity index (χ2v) is 10.8. The van der Waals surface area contributed by atoms with Gasteiger partial charge in [0, 0.05) is 43.4 Å². The lowest BCUT2D eigenvalue weighted by atomic mass is 10.0. The van der Waals surface area contributed by atoms with Crippen LogP contribution in [-0.2, 0) is 0 Å². The van der Waals surface area contributed by atoms with Crippen LogP contribution in [0.15, 0.2) is 109 Å². The zero-order valence-corrected chi connectivity index (χ0v) is 20.9. The highest BCUT2D eigenvalue weighted by molar-refractivity contribution is 7.26. The first-order chi connectivity index (χ1) is 18.8. The van der Waals surface area contributed by atoms with Gasteiger partial charge in [-0.15, -0.1) is 11.3 Å². The van der Waals surface area contributed by atoms with Crippen molar-refractivity contribution in [2.24, 2.45) is 0 Å². The number of pyridine rings is 3. The van der Waals surface area contributed by atoms with Crippen LogP contribution in [0, 0.1) is 0 Å². The number of imidazole rings is 1. The van der Waals surface area contributed by atoms with E-state index in [1.807, 2.05) is 23.6 Å². The fourth-order valence-corrected chi connectivity index (χ4v) is 7.05. The molecular weight excluding hydrogens is 484 g/mol. The SMILES string of the molecule is c1cnc2c(c1)ccc1ccc(-c3ccc4sc5c6ccccc6c6nc7ccccc7n6c5c4c3)nc12. The van der Waals surface area contributed by atoms with E-state index in [4.69, 9.17) is 9.97 Å². The highest BCUT2D eigenvalue weighted by Crippen LogP contribution is 2.42. The summed E-state index contributed by atoms with van der Waals surface area (Å²) in [5, 5.41) is 5.84. The molecule has 0 spiro atoms. The molecule has 0 aliphatic rings. The average Bonchev–Trinajstić information content (AvgIpc) is 3.55. The first-order valence-corrected chi connectivity index (χ1v) is 13.4. The second kappa shape index (κ2) is 7.34. The average molecular weight is 503 g/mol. The Balaban J connectivity index is 1.40. The molecule has 0 radical (unpaired) electrons. The van der Waals surface area contributed by atoms with Gasteiger partial charge in [0.15, 0.2) is 0 Å². The van der Waals surface area contributed by atoms with E-state index in [2.05, 4.69) is 106 Å². The Labute approximate surface area is 220 Å². The van der Waals surface area contributed by atoms with Gasteiger partial charge in [-0.05, 0) is 36.4 Å². The van der Waals surface area contributed by atoms with Crippen molar-refractivity contribution in [1.29, 1.82) is 0 Å². The molecule has 0 N–H and O–H groups in total. The summed E-state index contributed by atoms with van der Waals surface area (Å²) in [7, 11) is 0. The molecule has 0 saturated carbocycles. The topological polar surface area (TPSA) is 43.1 Å². The van der Waals surface area contributed by atoms with Crippen LogP contribution in [0.2, 0.25) is 0 Å². The van der Waals surface area contributed by atoms with E-state index in [0.29, 0.717) is 0 Å². The molecule has 0 unspecified atom stereocenters. The Bertz CT molecular complexity index is 2420. The fourth-order valence-electron chi connectivity index (χ4n) is 5.84. The Hall–Kier alpha value is -4.87. The summed E-state index contributed by atoms with van der Waals surface area (Å²) in [4.78, 5) is 14.8. The molecule has 0 amide bonds. The standard InChI is InChI=1S/C33H18N4S/c1-2-8-23-22(7-1)32-31(37-27-10-4-3-9-26(27)36-33(23)37)24-18-21(14-16-28(24)38-32)25-15-13-20-12-11-19-6-5-17-34-29(19)30(20)35-25/h1-18H. The third-order valence-electron chi connectivity index (χ3n) is 7.59. The molecule has 0 aliphatic heterocycles. The van der Waals surface area contributed by atoms with Gasteiger partial charge in [0.1, 0.15) is 5.65 Å². The largest absolute Gasteiger partial charge is 0.290 e. The van der Waals surface area contributed by atoms with Crippen LogP contribution in [0.1, 0.15) is 0 Å². The molecule has 176 valence electrons. The number of nitrogens with zero attached hydrogens (tertiary/aromatic N) is 4.